The number of aliphatic carboxylic acids is 3. The third kappa shape index (κ3) is 21.3. The van der Waals surface area contributed by atoms with Gasteiger partial charge in [0.05, 0.1) is 5.92 Å². The van der Waals surface area contributed by atoms with Crippen LogP contribution in [0.1, 0.15) is 135 Å². The zero-order valence-corrected chi connectivity index (χ0v) is 24.0. The van der Waals surface area contributed by atoms with Crippen LogP contribution < -0.4 is 10.2 Å². The number of carboxylic acid groups (broad SMARTS) is 3. The molecule has 0 radical (unpaired) electrons. The molecule has 2 unspecified atom stereocenters. The maximum Gasteiger partial charge on any atom is 2.00 e. The van der Waals surface area contributed by atoms with Crippen molar-refractivity contribution in [3.8, 4) is 0 Å². The number of unbranched alkanes of at least 4 members (excludes halogenated alkanes) is 14. The number of hydrogen-bond donors (Lipinski definition) is 1. The van der Waals surface area contributed by atoms with Gasteiger partial charge in [0.15, 0.2) is 0 Å². The maximum absolute atomic E-state index is 10.6. The molecule has 1 aliphatic carbocycles. The second-order valence-electron chi connectivity index (χ2n) is 9.23. The molecule has 0 aromatic rings. The van der Waals surface area contributed by atoms with Crippen LogP contribution in [0.15, 0.2) is 0 Å². The van der Waals surface area contributed by atoms with Crippen LogP contribution >= 0.6 is 0 Å². The van der Waals surface area contributed by atoms with E-state index in [1.54, 1.807) is 0 Å². The summed E-state index contributed by atoms with van der Waals surface area (Å²) >= 11 is 0. The van der Waals surface area contributed by atoms with Gasteiger partial charge in [-0.15, -0.1) is 0 Å². The first kappa shape index (κ1) is 34.2. The SMILES string of the molecule is CCCCCCCCCCCCCCCCCC(=O)[O-].O=C([O-])C1CCCCC1C(=O)O.[Zn+2]. The smallest absolute Gasteiger partial charge is 0.550 e. The molecule has 1 aliphatic rings. The molecule has 0 aromatic heterocycles. The molecule has 1 fully saturated rings. The van der Waals surface area contributed by atoms with E-state index < -0.39 is 29.7 Å². The van der Waals surface area contributed by atoms with Crippen molar-refractivity contribution < 1.29 is 49.2 Å². The van der Waals surface area contributed by atoms with E-state index in [4.69, 9.17) is 5.11 Å². The Morgan fingerprint density at radius 1 is 0.667 bits per heavy atom. The molecule has 7 heteroatoms. The quantitative estimate of drug-likeness (QED) is 0.208. The van der Waals surface area contributed by atoms with E-state index in [0.29, 0.717) is 12.8 Å². The first-order valence-electron chi connectivity index (χ1n) is 13.0. The van der Waals surface area contributed by atoms with Gasteiger partial charge in [0, 0.05) is 17.9 Å². The van der Waals surface area contributed by atoms with Crippen molar-refractivity contribution in [2.45, 2.75) is 135 Å². The Morgan fingerprint density at radius 3 is 1.33 bits per heavy atom. The Balaban J connectivity index is 0. The summed E-state index contributed by atoms with van der Waals surface area (Å²) in [6, 6.07) is 0. The number of rotatable bonds is 18. The minimum absolute atomic E-state index is 0. The van der Waals surface area contributed by atoms with Gasteiger partial charge in [0.25, 0.3) is 0 Å². The normalized spacial score (nSPS) is 17.4. The van der Waals surface area contributed by atoms with Crippen LogP contribution in [-0.4, -0.2) is 23.0 Å². The molecule has 33 heavy (non-hydrogen) atoms. The second-order valence-corrected chi connectivity index (χ2v) is 9.23. The number of carboxylic acids is 3. The van der Waals surface area contributed by atoms with Crippen molar-refractivity contribution in [3.63, 3.8) is 0 Å². The molecular formula is C26H46O6Zn. The second kappa shape index (κ2) is 24.2. The van der Waals surface area contributed by atoms with Gasteiger partial charge >= 0.3 is 25.4 Å². The first-order chi connectivity index (χ1) is 15.4. The van der Waals surface area contributed by atoms with Gasteiger partial charge in [-0.25, -0.2) is 0 Å². The third-order valence-electron chi connectivity index (χ3n) is 6.37. The van der Waals surface area contributed by atoms with Gasteiger partial charge in [0.1, 0.15) is 0 Å². The van der Waals surface area contributed by atoms with Crippen LogP contribution in [-0.2, 0) is 33.9 Å². The standard InChI is InChI=1S/C18H36O2.C8H12O4.Zn/c1-2-3-4-5-6-7-8-9-10-11-12-13-14-15-16-17-18(19)20;9-7(10)5-3-1-2-4-6(5)8(11)12;/h2-17H2,1H3,(H,19,20);5-6H,1-4H2,(H,9,10)(H,11,12);/q;;+2/p-2. The molecule has 188 valence electrons. The molecular weight excluding hydrogens is 474 g/mol. The van der Waals surface area contributed by atoms with Gasteiger partial charge in [-0.2, -0.15) is 0 Å². The van der Waals surface area contributed by atoms with Crippen LogP contribution in [0.5, 0.6) is 0 Å². The van der Waals surface area contributed by atoms with E-state index in [9.17, 15) is 24.6 Å². The minimum Gasteiger partial charge on any atom is -0.550 e. The topological polar surface area (TPSA) is 118 Å². The minimum atomic E-state index is -1.22. The Kier molecular flexibility index (Phi) is 25.0. The largest absolute Gasteiger partial charge is 2.00 e. The van der Waals surface area contributed by atoms with E-state index in [1.807, 2.05) is 0 Å². The zero-order chi connectivity index (χ0) is 24.0. The third-order valence-corrected chi connectivity index (χ3v) is 6.37. The van der Waals surface area contributed by atoms with Crippen LogP contribution in [0.3, 0.4) is 0 Å². The number of hydrogen-bond acceptors (Lipinski definition) is 5. The molecule has 0 spiro atoms. The predicted octanol–water partition coefficient (Wildman–Crippen LogP) is 4.62. The van der Waals surface area contributed by atoms with Gasteiger partial charge < -0.3 is 24.9 Å². The Morgan fingerprint density at radius 2 is 1.03 bits per heavy atom. The molecule has 1 rings (SSSR count). The molecule has 6 nitrogen and oxygen atoms in total. The Labute approximate surface area is 214 Å². The predicted molar refractivity (Wildman–Crippen MR) is 123 cm³/mol. The molecule has 0 aromatic carbocycles. The molecule has 1 saturated carbocycles. The first-order valence-corrected chi connectivity index (χ1v) is 13.0. The monoisotopic (exact) mass is 518 g/mol. The van der Waals surface area contributed by atoms with Gasteiger partial charge in [-0.05, 0) is 25.7 Å². The zero-order valence-electron chi connectivity index (χ0n) is 21.0. The van der Waals surface area contributed by atoms with Gasteiger partial charge in [0.2, 0.25) is 0 Å². The molecule has 0 bridgehead atoms. The Bertz CT molecular complexity index is 475. The average molecular weight is 520 g/mol. The molecule has 1 N–H and O–H groups in total. The van der Waals surface area contributed by atoms with E-state index in [1.165, 1.54) is 83.5 Å². The van der Waals surface area contributed by atoms with Crippen molar-refractivity contribution in [1.29, 1.82) is 0 Å². The summed E-state index contributed by atoms with van der Waals surface area (Å²) in [5.74, 6) is -4.65. The summed E-state index contributed by atoms with van der Waals surface area (Å²) in [5, 5.41) is 29.4. The molecule has 0 saturated heterocycles. The van der Waals surface area contributed by atoms with Crippen LogP contribution in [0.2, 0.25) is 0 Å². The van der Waals surface area contributed by atoms with E-state index >= 15 is 0 Å². The summed E-state index contributed by atoms with van der Waals surface area (Å²) < 4.78 is 0. The van der Waals surface area contributed by atoms with Crippen molar-refractivity contribution in [1.82, 2.24) is 0 Å². The van der Waals surface area contributed by atoms with Crippen LogP contribution in [0, 0.1) is 11.8 Å². The summed E-state index contributed by atoms with van der Waals surface area (Å²) in [6.07, 6.45) is 22.4. The van der Waals surface area contributed by atoms with Gasteiger partial charge in [-0.1, -0.05) is 110 Å². The molecule has 0 amide bonds. The maximum atomic E-state index is 10.6. The number of carbonyl (C=O) groups is 3. The van der Waals surface area contributed by atoms with Gasteiger partial charge in [-0.3, -0.25) is 4.79 Å². The van der Waals surface area contributed by atoms with E-state index in [-0.39, 0.29) is 25.9 Å². The van der Waals surface area contributed by atoms with Crippen LogP contribution in [0.4, 0.5) is 0 Å². The summed E-state index contributed by atoms with van der Waals surface area (Å²) in [7, 11) is 0. The Hall–Kier alpha value is -0.967. The van der Waals surface area contributed by atoms with Crippen LogP contribution in [0.25, 0.3) is 0 Å². The van der Waals surface area contributed by atoms with E-state index in [2.05, 4.69) is 6.92 Å². The van der Waals surface area contributed by atoms with Crippen molar-refractivity contribution in [3.05, 3.63) is 0 Å². The number of carbonyl (C=O) groups excluding carboxylic acids is 2. The average Bonchev–Trinajstić information content (AvgIpc) is 2.76. The molecule has 2 atom stereocenters. The molecule has 0 heterocycles. The van der Waals surface area contributed by atoms with Crippen molar-refractivity contribution >= 4 is 17.9 Å². The fourth-order valence-corrected chi connectivity index (χ4v) is 4.35. The van der Waals surface area contributed by atoms with E-state index in [0.717, 1.165) is 25.7 Å². The van der Waals surface area contributed by atoms with Crippen molar-refractivity contribution in [2.24, 2.45) is 11.8 Å². The van der Waals surface area contributed by atoms with Crippen molar-refractivity contribution in [2.75, 3.05) is 0 Å². The molecule has 0 aliphatic heterocycles. The fourth-order valence-electron chi connectivity index (χ4n) is 4.35. The summed E-state index contributed by atoms with van der Waals surface area (Å²) in [5.41, 5.74) is 0. The summed E-state index contributed by atoms with van der Waals surface area (Å²) in [4.78, 5) is 31.3. The fraction of sp³-hybridized carbons (Fsp3) is 0.885. The summed E-state index contributed by atoms with van der Waals surface area (Å²) in [6.45, 7) is 2.27.